The Kier molecular flexibility index (Phi) is 5.53. The number of aliphatic hydroxyl groups is 2. The predicted octanol–water partition coefficient (Wildman–Crippen LogP) is 4.11. The van der Waals surface area contributed by atoms with Crippen molar-refractivity contribution in [3.63, 3.8) is 0 Å². The Balaban J connectivity index is 1.45. The summed E-state index contributed by atoms with van der Waals surface area (Å²) >= 11 is 1.62. The van der Waals surface area contributed by atoms with Crippen LogP contribution in [0.4, 0.5) is 0 Å². The smallest absolute Gasteiger partial charge is 0.147 e. The first-order valence-corrected chi connectivity index (χ1v) is 10.4. The molecule has 4 heteroatoms. The van der Waals surface area contributed by atoms with Crippen LogP contribution >= 0.6 is 11.8 Å². The number of ether oxygens (including phenoxy) is 1. The lowest BCUT2D eigenvalue weighted by Gasteiger charge is -2.31. The van der Waals surface area contributed by atoms with Gasteiger partial charge in [-0.05, 0) is 47.9 Å². The molecule has 0 aromatic heterocycles. The summed E-state index contributed by atoms with van der Waals surface area (Å²) in [6.45, 7) is 0.0799. The highest BCUT2D eigenvalue weighted by atomic mass is 32.2. The van der Waals surface area contributed by atoms with Crippen LogP contribution in [0.5, 0.6) is 5.75 Å². The number of thioether (sulfide) groups is 1. The van der Waals surface area contributed by atoms with E-state index in [0.717, 1.165) is 23.7 Å². The zero-order valence-corrected chi connectivity index (χ0v) is 15.7. The van der Waals surface area contributed by atoms with Crippen molar-refractivity contribution in [2.24, 2.45) is 0 Å². The maximum Gasteiger partial charge on any atom is 0.147 e. The molecule has 2 aromatic rings. The minimum atomic E-state index is -0.402. The third kappa shape index (κ3) is 4.43. The molecule has 3 nitrogen and oxygen atoms in total. The Morgan fingerprint density at radius 3 is 2.50 bits per heavy atom. The molecule has 138 valence electrons. The molecule has 2 N–H and O–H groups in total. The molecule has 2 aromatic carbocycles. The van der Waals surface area contributed by atoms with Crippen LogP contribution < -0.4 is 4.74 Å². The number of benzene rings is 2. The summed E-state index contributed by atoms with van der Waals surface area (Å²) in [6.07, 6.45) is 4.33. The van der Waals surface area contributed by atoms with Crippen molar-refractivity contribution in [3.05, 3.63) is 65.2 Å². The Labute approximate surface area is 159 Å². The van der Waals surface area contributed by atoms with Gasteiger partial charge in [-0.25, -0.2) is 0 Å². The number of para-hydroxylation sites is 1. The number of aliphatic hydroxyl groups excluding tert-OH is 2. The topological polar surface area (TPSA) is 49.7 Å². The molecule has 0 spiro atoms. The maximum absolute atomic E-state index is 10.0. The second kappa shape index (κ2) is 8.03. The van der Waals surface area contributed by atoms with Crippen LogP contribution in [0.1, 0.15) is 48.3 Å². The van der Waals surface area contributed by atoms with E-state index in [9.17, 15) is 10.2 Å². The maximum atomic E-state index is 10.0. The molecule has 26 heavy (non-hydrogen) atoms. The van der Waals surface area contributed by atoms with Gasteiger partial charge in [0.25, 0.3) is 0 Å². The molecule has 2 fully saturated rings. The highest BCUT2D eigenvalue weighted by Crippen LogP contribution is 2.40. The highest BCUT2D eigenvalue weighted by molar-refractivity contribution is 8.00. The van der Waals surface area contributed by atoms with Crippen LogP contribution in [-0.2, 0) is 6.42 Å². The van der Waals surface area contributed by atoms with Crippen molar-refractivity contribution in [2.75, 3.05) is 6.61 Å². The van der Waals surface area contributed by atoms with E-state index < -0.39 is 6.10 Å². The SMILES string of the molecule is OCC1CC(O)CC(Oc2ccccc2Cc2ccc(C3CC3)cc2)S1. The number of hydrogen-bond donors (Lipinski definition) is 2. The molecular formula is C22H26O3S. The third-order valence-electron chi connectivity index (χ3n) is 5.20. The van der Waals surface area contributed by atoms with Crippen molar-refractivity contribution < 1.29 is 14.9 Å². The lowest BCUT2D eigenvalue weighted by atomic mass is 10.0. The zero-order valence-electron chi connectivity index (χ0n) is 14.9. The Morgan fingerprint density at radius 1 is 1.00 bits per heavy atom. The average molecular weight is 371 g/mol. The van der Waals surface area contributed by atoms with Crippen molar-refractivity contribution in [1.82, 2.24) is 0 Å². The van der Waals surface area contributed by atoms with Crippen LogP contribution in [0, 0.1) is 0 Å². The standard InChI is InChI=1S/C22H26O3S/c23-14-20-12-19(24)13-22(26-20)25-21-4-2-1-3-18(21)11-15-5-7-16(8-6-15)17-9-10-17/h1-8,17,19-20,22-24H,9-14H2. The summed E-state index contributed by atoms with van der Waals surface area (Å²) in [5.41, 5.74) is 3.79. The monoisotopic (exact) mass is 370 g/mol. The quantitative estimate of drug-likeness (QED) is 0.803. The fourth-order valence-electron chi connectivity index (χ4n) is 3.59. The molecule has 4 rings (SSSR count). The molecule has 1 aliphatic carbocycles. The zero-order chi connectivity index (χ0) is 17.9. The Bertz CT molecular complexity index is 726. The van der Waals surface area contributed by atoms with E-state index >= 15 is 0 Å². The summed E-state index contributed by atoms with van der Waals surface area (Å²) in [6, 6.07) is 17.1. The molecule has 0 bridgehead atoms. The lowest BCUT2D eigenvalue weighted by Crippen LogP contribution is -2.33. The van der Waals surface area contributed by atoms with Gasteiger partial charge in [-0.3, -0.25) is 0 Å². The van der Waals surface area contributed by atoms with Crippen LogP contribution in [0.2, 0.25) is 0 Å². The minimum Gasteiger partial charge on any atom is -0.479 e. The van der Waals surface area contributed by atoms with Gasteiger partial charge in [0.05, 0.1) is 12.7 Å². The van der Waals surface area contributed by atoms with E-state index in [4.69, 9.17) is 4.74 Å². The molecule has 1 heterocycles. The van der Waals surface area contributed by atoms with Gasteiger partial charge in [-0.1, -0.05) is 42.5 Å². The lowest BCUT2D eigenvalue weighted by molar-refractivity contribution is 0.104. The largest absolute Gasteiger partial charge is 0.479 e. The molecule has 0 radical (unpaired) electrons. The average Bonchev–Trinajstić information content (AvgIpc) is 3.49. The first-order chi connectivity index (χ1) is 12.7. The summed E-state index contributed by atoms with van der Waals surface area (Å²) < 4.78 is 6.22. The van der Waals surface area contributed by atoms with E-state index in [0.29, 0.717) is 12.8 Å². The highest BCUT2D eigenvalue weighted by Gasteiger charge is 2.29. The molecule has 1 aliphatic heterocycles. The van der Waals surface area contributed by atoms with Gasteiger partial charge < -0.3 is 14.9 Å². The molecule has 3 atom stereocenters. The van der Waals surface area contributed by atoms with Crippen molar-refractivity contribution in [1.29, 1.82) is 0 Å². The van der Waals surface area contributed by atoms with Gasteiger partial charge in [0.15, 0.2) is 0 Å². The normalized spacial score (nSPS) is 25.8. The number of rotatable bonds is 6. The second-order valence-electron chi connectivity index (χ2n) is 7.41. The first-order valence-electron chi connectivity index (χ1n) is 9.49. The minimum absolute atomic E-state index is 0.0471. The molecule has 0 amide bonds. The fraction of sp³-hybridized carbons (Fsp3) is 0.455. The van der Waals surface area contributed by atoms with Gasteiger partial charge >= 0.3 is 0 Å². The Morgan fingerprint density at radius 2 is 1.77 bits per heavy atom. The van der Waals surface area contributed by atoms with Crippen molar-refractivity contribution in [2.45, 2.75) is 54.8 Å². The van der Waals surface area contributed by atoms with Gasteiger partial charge in [-0.15, -0.1) is 11.8 Å². The van der Waals surface area contributed by atoms with E-state index in [1.54, 1.807) is 11.8 Å². The molecule has 3 unspecified atom stereocenters. The number of hydrogen-bond acceptors (Lipinski definition) is 4. The van der Waals surface area contributed by atoms with Crippen molar-refractivity contribution in [3.8, 4) is 5.75 Å². The fourth-order valence-corrected chi connectivity index (χ4v) is 4.93. The van der Waals surface area contributed by atoms with Gasteiger partial charge in [0.2, 0.25) is 0 Å². The van der Waals surface area contributed by atoms with E-state index in [1.807, 2.05) is 18.2 Å². The van der Waals surface area contributed by atoms with E-state index in [-0.39, 0.29) is 17.3 Å². The second-order valence-corrected chi connectivity index (χ2v) is 8.88. The van der Waals surface area contributed by atoms with Crippen LogP contribution in [-0.4, -0.2) is 33.6 Å². The molecular weight excluding hydrogens is 344 g/mol. The van der Waals surface area contributed by atoms with Crippen LogP contribution in [0.15, 0.2) is 48.5 Å². The van der Waals surface area contributed by atoms with Gasteiger partial charge in [0, 0.05) is 18.1 Å². The van der Waals surface area contributed by atoms with Crippen LogP contribution in [0.3, 0.4) is 0 Å². The van der Waals surface area contributed by atoms with Gasteiger partial charge in [0.1, 0.15) is 11.2 Å². The predicted molar refractivity (Wildman–Crippen MR) is 106 cm³/mol. The summed E-state index contributed by atoms with van der Waals surface area (Å²) in [5.74, 6) is 1.66. The summed E-state index contributed by atoms with van der Waals surface area (Å²) in [4.78, 5) is 0. The van der Waals surface area contributed by atoms with E-state index in [1.165, 1.54) is 24.0 Å². The summed E-state index contributed by atoms with van der Waals surface area (Å²) in [7, 11) is 0. The summed E-state index contributed by atoms with van der Waals surface area (Å²) in [5, 5.41) is 19.5. The van der Waals surface area contributed by atoms with Crippen molar-refractivity contribution >= 4 is 11.8 Å². The molecule has 2 aliphatic rings. The third-order valence-corrected chi connectivity index (χ3v) is 6.52. The van der Waals surface area contributed by atoms with Gasteiger partial charge in [-0.2, -0.15) is 0 Å². The first kappa shape index (κ1) is 17.9. The Hall–Kier alpha value is -1.49. The van der Waals surface area contributed by atoms with Crippen LogP contribution in [0.25, 0.3) is 0 Å². The molecule has 1 saturated carbocycles. The molecule has 1 saturated heterocycles. The van der Waals surface area contributed by atoms with E-state index in [2.05, 4.69) is 30.3 Å².